The summed E-state index contributed by atoms with van der Waals surface area (Å²) in [5.41, 5.74) is 8.94. The molecule has 0 fully saturated rings. The summed E-state index contributed by atoms with van der Waals surface area (Å²) in [5.74, 6) is 0.816. The molecule has 2 aromatic rings. The standard InChI is InChI=1S/C15H21N3O2/c1-11-9-14(18(17-11)7-8-19)13(10-16)12-5-3-4-6-15(12)20-2/h3-6,9,13,19H,7-8,10,16H2,1-2H3. The Morgan fingerprint density at radius 1 is 1.40 bits per heavy atom. The first kappa shape index (κ1) is 14.6. The molecule has 3 N–H and O–H groups in total. The van der Waals surface area contributed by atoms with Gasteiger partial charge in [0.1, 0.15) is 5.75 Å². The van der Waals surface area contributed by atoms with Gasteiger partial charge < -0.3 is 15.6 Å². The van der Waals surface area contributed by atoms with Crippen molar-refractivity contribution in [2.45, 2.75) is 19.4 Å². The molecule has 2 rings (SSSR count). The van der Waals surface area contributed by atoms with Crippen LogP contribution in [0.5, 0.6) is 5.75 Å². The van der Waals surface area contributed by atoms with E-state index in [-0.39, 0.29) is 12.5 Å². The normalized spacial score (nSPS) is 12.4. The molecule has 20 heavy (non-hydrogen) atoms. The maximum absolute atomic E-state index is 9.16. The molecule has 108 valence electrons. The second kappa shape index (κ2) is 6.54. The highest BCUT2D eigenvalue weighted by atomic mass is 16.5. The van der Waals surface area contributed by atoms with E-state index in [1.807, 2.05) is 41.9 Å². The molecule has 1 atom stereocenters. The van der Waals surface area contributed by atoms with Gasteiger partial charge in [-0.25, -0.2) is 0 Å². The van der Waals surface area contributed by atoms with Crippen LogP contribution >= 0.6 is 0 Å². The molecule has 0 amide bonds. The molecule has 1 aromatic carbocycles. The van der Waals surface area contributed by atoms with Crippen LogP contribution in [0.2, 0.25) is 0 Å². The molecule has 0 radical (unpaired) electrons. The smallest absolute Gasteiger partial charge is 0.122 e. The molecule has 5 heteroatoms. The van der Waals surface area contributed by atoms with E-state index >= 15 is 0 Å². The summed E-state index contributed by atoms with van der Waals surface area (Å²) < 4.78 is 7.24. The third-order valence-corrected chi connectivity index (χ3v) is 3.35. The van der Waals surface area contributed by atoms with Crippen LogP contribution in [-0.2, 0) is 6.54 Å². The summed E-state index contributed by atoms with van der Waals surface area (Å²) in [6, 6.07) is 9.87. The van der Waals surface area contributed by atoms with Gasteiger partial charge in [0.15, 0.2) is 0 Å². The van der Waals surface area contributed by atoms with Crippen molar-refractivity contribution < 1.29 is 9.84 Å². The molecule has 1 unspecified atom stereocenters. The number of aliphatic hydroxyl groups is 1. The molecular weight excluding hydrogens is 254 g/mol. The minimum atomic E-state index is -0.00102. The third kappa shape index (κ3) is 2.84. The minimum absolute atomic E-state index is 0.00102. The lowest BCUT2D eigenvalue weighted by Crippen LogP contribution is -2.19. The summed E-state index contributed by atoms with van der Waals surface area (Å²) in [4.78, 5) is 0. The maximum atomic E-state index is 9.16. The average molecular weight is 275 g/mol. The van der Waals surface area contributed by atoms with Crippen LogP contribution in [0.25, 0.3) is 0 Å². The van der Waals surface area contributed by atoms with Crippen LogP contribution in [-0.4, -0.2) is 35.1 Å². The number of aromatic nitrogens is 2. The highest BCUT2D eigenvalue weighted by molar-refractivity contribution is 5.41. The zero-order valence-electron chi connectivity index (χ0n) is 11.9. The molecular formula is C15H21N3O2. The Labute approximate surface area is 119 Å². The Morgan fingerprint density at radius 3 is 2.80 bits per heavy atom. The number of methoxy groups -OCH3 is 1. The molecule has 5 nitrogen and oxygen atoms in total. The molecule has 1 aromatic heterocycles. The summed E-state index contributed by atoms with van der Waals surface area (Å²) in [7, 11) is 1.66. The number of hydrogen-bond donors (Lipinski definition) is 2. The molecule has 0 aliphatic carbocycles. The van der Waals surface area contributed by atoms with Gasteiger partial charge in [0, 0.05) is 23.7 Å². The predicted octanol–water partition coefficient (Wildman–Crippen LogP) is 1.28. The van der Waals surface area contributed by atoms with Crippen molar-refractivity contribution in [3.05, 3.63) is 47.3 Å². The lowest BCUT2D eigenvalue weighted by Gasteiger charge is -2.19. The van der Waals surface area contributed by atoms with E-state index in [9.17, 15) is 0 Å². The monoisotopic (exact) mass is 275 g/mol. The third-order valence-electron chi connectivity index (χ3n) is 3.35. The zero-order chi connectivity index (χ0) is 14.5. The number of nitrogens with zero attached hydrogens (tertiary/aromatic N) is 2. The van der Waals surface area contributed by atoms with Gasteiger partial charge in [-0.15, -0.1) is 0 Å². The second-order valence-corrected chi connectivity index (χ2v) is 4.69. The van der Waals surface area contributed by atoms with Crippen molar-refractivity contribution in [2.24, 2.45) is 5.73 Å². The van der Waals surface area contributed by atoms with Crippen LogP contribution in [0.3, 0.4) is 0 Å². The van der Waals surface area contributed by atoms with Gasteiger partial charge in [0.05, 0.1) is 26.0 Å². The molecule has 0 aliphatic heterocycles. The number of hydrogen-bond acceptors (Lipinski definition) is 4. The Morgan fingerprint density at radius 2 is 2.15 bits per heavy atom. The van der Waals surface area contributed by atoms with E-state index < -0.39 is 0 Å². The zero-order valence-corrected chi connectivity index (χ0v) is 11.9. The van der Waals surface area contributed by atoms with E-state index in [0.29, 0.717) is 13.1 Å². The van der Waals surface area contributed by atoms with Crippen LogP contribution in [0, 0.1) is 6.92 Å². The van der Waals surface area contributed by atoms with Crippen LogP contribution in [0.1, 0.15) is 22.9 Å². The Bertz CT molecular complexity index is 566. The number of para-hydroxylation sites is 1. The van der Waals surface area contributed by atoms with Crippen molar-refractivity contribution in [3.8, 4) is 5.75 Å². The van der Waals surface area contributed by atoms with Crippen molar-refractivity contribution >= 4 is 0 Å². The minimum Gasteiger partial charge on any atom is -0.496 e. The van der Waals surface area contributed by atoms with Gasteiger partial charge in [-0.05, 0) is 19.1 Å². The van der Waals surface area contributed by atoms with E-state index in [4.69, 9.17) is 15.6 Å². The fourth-order valence-electron chi connectivity index (χ4n) is 2.48. The quantitative estimate of drug-likeness (QED) is 0.833. The van der Waals surface area contributed by atoms with Crippen molar-refractivity contribution in [3.63, 3.8) is 0 Å². The number of aryl methyl sites for hydroxylation is 1. The van der Waals surface area contributed by atoms with E-state index in [2.05, 4.69) is 5.10 Å². The summed E-state index contributed by atoms with van der Waals surface area (Å²) in [6.07, 6.45) is 0. The van der Waals surface area contributed by atoms with E-state index in [0.717, 1.165) is 22.7 Å². The fourth-order valence-corrected chi connectivity index (χ4v) is 2.48. The molecule has 1 heterocycles. The van der Waals surface area contributed by atoms with E-state index in [1.54, 1.807) is 7.11 Å². The number of rotatable bonds is 6. The molecule has 0 aliphatic rings. The number of benzene rings is 1. The molecule has 0 bridgehead atoms. The Balaban J connectivity index is 2.46. The SMILES string of the molecule is COc1ccccc1C(CN)c1cc(C)nn1CCO. The summed E-state index contributed by atoms with van der Waals surface area (Å²) in [6.45, 7) is 2.91. The summed E-state index contributed by atoms with van der Waals surface area (Å²) >= 11 is 0. The average Bonchev–Trinajstić information content (AvgIpc) is 2.81. The first-order valence-electron chi connectivity index (χ1n) is 6.69. The van der Waals surface area contributed by atoms with E-state index in [1.165, 1.54) is 0 Å². The lowest BCUT2D eigenvalue weighted by molar-refractivity contribution is 0.266. The van der Waals surface area contributed by atoms with Gasteiger partial charge in [-0.2, -0.15) is 5.10 Å². The highest BCUT2D eigenvalue weighted by Crippen LogP contribution is 2.31. The van der Waals surface area contributed by atoms with Crippen LogP contribution in [0.4, 0.5) is 0 Å². The molecule has 0 saturated carbocycles. The maximum Gasteiger partial charge on any atom is 0.122 e. The Kier molecular flexibility index (Phi) is 4.76. The molecule has 0 spiro atoms. The lowest BCUT2D eigenvalue weighted by atomic mass is 9.94. The Hall–Kier alpha value is -1.85. The predicted molar refractivity (Wildman–Crippen MR) is 77.9 cm³/mol. The van der Waals surface area contributed by atoms with Gasteiger partial charge in [0.2, 0.25) is 0 Å². The second-order valence-electron chi connectivity index (χ2n) is 4.69. The van der Waals surface area contributed by atoms with Gasteiger partial charge in [-0.1, -0.05) is 18.2 Å². The van der Waals surface area contributed by atoms with Crippen molar-refractivity contribution in [2.75, 3.05) is 20.3 Å². The topological polar surface area (TPSA) is 73.3 Å². The van der Waals surface area contributed by atoms with Crippen LogP contribution in [0.15, 0.2) is 30.3 Å². The van der Waals surface area contributed by atoms with Gasteiger partial charge in [-0.3, -0.25) is 4.68 Å². The fraction of sp³-hybridized carbons (Fsp3) is 0.400. The summed E-state index contributed by atoms with van der Waals surface area (Å²) in [5, 5.41) is 13.6. The first-order chi connectivity index (χ1) is 9.71. The van der Waals surface area contributed by atoms with Crippen molar-refractivity contribution in [1.82, 2.24) is 9.78 Å². The number of ether oxygens (including phenoxy) is 1. The number of nitrogens with two attached hydrogens (primary N) is 1. The van der Waals surface area contributed by atoms with Crippen LogP contribution < -0.4 is 10.5 Å². The van der Waals surface area contributed by atoms with Gasteiger partial charge >= 0.3 is 0 Å². The van der Waals surface area contributed by atoms with Gasteiger partial charge in [0.25, 0.3) is 0 Å². The van der Waals surface area contributed by atoms with Crippen molar-refractivity contribution in [1.29, 1.82) is 0 Å². The largest absolute Gasteiger partial charge is 0.496 e. The highest BCUT2D eigenvalue weighted by Gasteiger charge is 2.21. The number of aliphatic hydroxyl groups excluding tert-OH is 1. The first-order valence-corrected chi connectivity index (χ1v) is 6.69. The molecule has 0 saturated heterocycles.